The van der Waals surface area contributed by atoms with Crippen LogP contribution in [0.25, 0.3) is 0 Å². The summed E-state index contributed by atoms with van der Waals surface area (Å²) in [6, 6.07) is 15.0. The third-order valence-corrected chi connectivity index (χ3v) is 5.53. The Bertz CT molecular complexity index is 1250. The summed E-state index contributed by atoms with van der Waals surface area (Å²) in [5.41, 5.74) is -0.327. The maximum absolute atomic E-state index is 13.2. The Balaban J connectivity index is 1.67. The first-order valence-corrected chi connectivity index (χ1v) is 11.6. The average molecular weight is 580 g/mol. The van der Waals surface area contributed by atoms with E-state index in [4.69, 9.17) is 0 Å². The molecule has 13 heteroatoms. The van der Waals surface area contributed by atoms with E-state index in [9.17, 15) is 32.9 Å². The summed E-state index contributed by atoms with van der Waals surface area (Å²) >= 11 is 3.30. The molecule has 3 aromatic carbocycles. The molecular formula is C24H21BrF3N5O4. The number of urea groups is 2. The molecule has 0 spiro atoms. The van der Waals surface area contributed by atoms with E-state index in [0.717, 1.165) is 21.5 Å². The molecule has 0 aliphatic rings. The molecule has 0 aliphatic heterocycles. The van der Waals surface area contributed by atoms with Gasteiger partial charge in [0.15, 0.2) is 0 Å². The van der Waals surface area contributed by atoms with Crippen LogP contribution in [0.4, 0.5) is 45.5 Å². The lowest BCUT2D eigenvalue weighted by Gasteiger charge is -2.24. The van der Waals surface area contributed by atoms with Gasteiger partial charge in [-0.25, -0.2) is 9.59 Å². The normalized spacial score (nSPS) is 10.9. The molecule has 0 bridgehead atoms. The Kier molecular flexibility index (Phi) is 9.06. The van der Waals surface area contributed by atoms with E-state index in [1.165, 1.54) is 36.4 Å². The summed E-state index contributed by atoms with van der Waals surface area (Å²) < 4.78 is 40.6. The Labute approximate surface area is 217 Å². The maximum atomic E-state index is 13.2. The number of nitro groups is 1. The van der Waals surface area contributed by atoms with Gasteiger partial charge in [0.25, 0.3) is 5.69 Å². The molecule has 37 heavy (non-hydrogen) atoms. The number of benzene rings is 3. The number of hydrogen-bond acceptors (Lipinski definition) is 4. The highest BCUT2D eigenvalue weighted by molar-refractivity contribution is 9.10. The number of carbonyl (C=O) groups excluding carboxylic acids is 2. The zero-order chi connectivity index (χ0) is 27.0. The van der Waals surface area contributed by atoms with Crippen LogP contribution in [0.5, 0.6) is 0 Å². The minimum atomic E-state index is -4.61. The SMILES string of the molecule is O=C(NCCCN(C(=O)Nc1ccc([N+](=O)[O-])cc1)c1cccc(C(F)(F)F)c1)Nc1ccc(Br)cc1. The highest BCUT2D eigenvalue weighted by Crippen LogP contribution is 2.32. The van der Waals surface area contributed by atoms with Gasteiger partial charge in [-0.1, -0.05) is 22.0 Å². The number of alkyl halides is 3. The predicted octanol–water partition coefficient (Wildman–Crippen LogP) is 6.63. The van der Waals surface area contributed by atoms with Crippen molar-refractivity contribution in [2.24, 2.45) is 0 Å². The van der Waals surface area contributed by atoms with Crippen LogP contribution in [-0.2, 0) is 6.18 Å². The van der Waals surface area contributed by atoms with Crippen LogP contribution in [0.15, 0.2) is 77.3 Å². The Hall–Kier alpha value is -4.13. The zero-order valence-electron chi connectivity index (χ0n) is 19.1. The number of rotatable bonds is 8. The van der Waals surface area contributed by atoms with E-state index in [0.29, 0.717) is 5.69 Å². The van der Waals surface area contributed by atoms with E-state index < -0.39 is 28.7 Å². The van der Waals surface area contributed by atoms with Crippen LogP contribution >= 0.6 is 15.9 Å². The lowest BCUT2D eigenvalue weighted by Crippen LogP contribution is -2.38. The number of nitrogens with zero attached hydrogens (tertiary/aromatic N) is 2. The molecule has 0 atom stereocenters. The highest BCUT2D eigenvalue weighted by atomic mass is 79.9. The fraction of sp³-hybridized carbons (Fsp3) is 0.167. The number of halogens is 4. The van der Waals surface area contributed by atoms with Gasteiger partial charge in [-0.15, -0.1) is 0 Å². The fourth-order valence-electron chi connectivity index (χ4n) is 3.20. The summed E-state index contributed by atoms with van der Waals surface area (Å²) in [5, 5.41) is 18.6. The zero-order valence-corrected chi connectivity index (χ0v) is 20.7. The lowest BCUT2D eigenvalue weighted by molar-refractivity contribution is -0.384. The van der Waals surface area contributed by atoms with Gasteiger partial charge in [0.05, 0.1) is 10.5 Å². The minimum Gasteiger partial charge on any atom is -0.338 e. The van der Waals surface area contributed by atoms with E-state index in [1.54, 1.807) is 24.3 Å². The third kappa shape index (κ3) is 8.20. The molecule has 0 saturated carbocycles. The van der Waals surface area contributed by atoms with E-state index in [-0.39, 0.29) is 36.6 Å². The number of hydrogen-bond donors (Lipinski definition) is 3. The second-order valence-electron chi connectivity index (χ2n) is 7.68. The van der Waals surface area contributed by atoms with Crippen molar-refractivity contribution >= 4 is 50.7 Å². The van der Waals surface area contributed by atoms with Crippen LogP contribution < -0.4 is 20.9 Å². The standard InChI is InChI=1S/C24H21BrF3N5O4/c25-17-5-7-18(8-6-17)30-22(34)29-13-2-14-32(21-4-1-3-16(15-21)24(26,27)28)23(35)31-19-9-11-20(12-10-19)33(36)37/h1,3-12,15H,2,13-14H2,(H,31,35)(H2,29,30,34). The largest absolute Gasteiger partial charge is 0.416 e. The molecule has 9 nitrogen and oxygen atoms in total. The monoisotopic (exact) mass is 579 g/mol. The lowest BCUT2D eigenvalue weighted by atomic mass is 10.1. The van der Waals surface area contributed by atoms with Crippen LogP contribution in [0.2, 0.25) is 0 Å². The molecule has 194 valence electrons. The number of carbonyl (C=O) groups is 2. The first-order valence-electron chi connectivity index (χ1n) is 10.8. The number of nitrogens with one attached hydrogen (secondary N) is 3. The first kappa shape index (κ1) is 27.5. The molecule has 0 unspecified atom stereocenters. The molecule has 0 saturated heterocycles. The van der Waals surface area contributed by atoms with E-state index >= 15 is 0 Å². The molecule has 0 fully saturated rings. The molecule has 3 N–H and O–H groups in total. The van der Waals surface area contributed by atoms with Crippen molar-refractivity contribution < 1.29 is 27.7 Å². The summed E-state index contributed by atoms with van der Waals surface area (Å²) in [6.45, 7) is 0.0985. The van der Waals surface area contributed by atoms with Crippen molar-refractivity contribution in [2.75, 3.05) is 28.6 Å². The van der Waals surface area contributed by atoms with Crippen LogP contribution in [-0.4, -0.2) is 30.1 Å². The topological polar surface area (TPSA) is 117 Å². The van der Waals surface area contributed by atoms with Gasteiger partial charge in [0.1, 0.15) is 0 Å². The maximum Gasteiger partial charge on any atom is 0.416 e. The molecule has 0 aliphatic carbocycles. The molecule has 0 heterocycles. The van der Waals surface area contributed by atoms with E-state index in [1.807, 2.05) is 0 Å². The number of nitro benzene ring substituents is 1. The molecule has 3 aromatic rings. The van der Waals surface area contributed by atoms with Gasteiger partial charge in [0.2, 0.25) is 0 Å². The number of amides is 4. The molecule has 3 rings (SSSR count). The fourth-order valence-corrected chi connectivity index (χ4v) is 3.47. The second-order valence-corrected chi connectivity index (χ2v) is 8.59. The predicted molar refractivity (Wildman–Crippen MR) is 137 cm³/mol. The van der Waals surface area contributed by atoms with Crippen molar-refractivity contribution in [3.05, 3.63) is 92.9 Å². The number of non-ortho nitro benzene ring substituents is 1. The Morgan fingerprint density at radius 1 is 0.946 bits per heavy atom. The molecular weight excluding hydrogens is 559 g/mol. The second kappa shape index (κ2) is 12.2. The number of anilines is 3. The Morgan fingerprint density at radius 3 is 2.19 bits per heavy atom. The van der Waals surface area contributed by atoms with Crippen molar-refractivity contribution in [3.63, 3.8) is 0 Å². The van der Waals surface area contributed by atoms with Gasteiger partial charge < -0.3 is 16.0 Å². The first-order chi connectivity index (χ1) is 17.5. The molecule has 0 aromatic heterocycles. The summed E-state index contributed by atoms with van der Waals surface area (Å²) in [5.74, 6) is 0. The summed E-state index contributed by atoms with van der Waals surface area (Å²) in [7, 11) is 0. The van der Waals surface area contributed by atoms with Gasteiger partial charge in [-0.2, -0.15) is 13.2 Å². The van der Waals surface area contributed by atoms with Crippen LogP contribution in [0.1, 0.15) is 12.0 Å². The van der Waals surface area contributed by atoms with Crippen molar-refractivity contribution in [3.8, 4) is 0 Å². The minimum absolute atomic E-state index is 0.00597. The van der Waals surface area contributed by atoms with Crippen molar-refractivity contribution in [1.29, 1.82) is 0 Å². The van der Waals surface area contributed by atoms with Gasteiger partial charge in [0, 0.05) is 46.8 Å². The quantitative estimate of drug-likeness (QED) is 0.158. The third-order valence-electron chi connectivity index (χ3n) is 5.01. The molecule has 0 radical (unpaired) electrons. The average Bonchev–Trinajstić information content (AvgIpc) is 2.85. The van der Waals surface area contributed by atoms with Crippen LogP contribution in [0, 0.1) is 10.1 Å². The Morgan fingerprint density at radius 2 is 1.57 bits per heavy atom. The van der Waals surface area contributed by atoms with Gasteiger partial charge >= 0.3 is 18.2 Å². The van der Waals surface area contributed by atoms with Gasteiger partial charge in [-0.05, 0) is 61.0 Å². The summed E-state index contributed by atoms with van der Waals surface area (Å²) in [6.07, 6.45) is -4.39. The van der Waals surface area contributed by atoms with E-state index in [2.05, 4.69) is 31.9 Å². The van der Waals surface area contributed by atoms with Crippen molar-refractivity contribution in [1.82, 2.24) is 5.32 Å². The summed E-state index contributed by atoms with van der Waals surface area (Å²) in [4.78, 5) is 36.4. The molecule has 4 amide bonds. The van der Waals surface area contributed by atoms with Crippen molar-refractivity contribution in [2.45, 2.75) is 12.6 Å². The highest BCUT2D eigenvalue weighted by Gasteiger charge is 2.31. The smallest absolute Gasteiger partial charge is 0.338 e. The van der Waals surface area contributed by atoms with Gasteiger partial charge in [-0.3, -0.25) is 15.0 Å². The van der Waals surface area contributed by atoms with Crippen LogP contribution in [0.3, 0.4) is 0 Å².